The van der Waals surface area contributed by atoms with Crippen molar-refractivity contribution in [1.82, 2.24) is 0 Å². The second-order valence-electron chi connectivity index (χ2n) is 4.48. The van der Waals surface area contributed by atoms with Crippen LogP contribution in [0.5, 0.6) is 5.75 Å². The number of unbranched alkanes of at least 4 members (excludes halogenated alkanes) is 5. The van der Waals surface area contributed by atoms with Gasteiger partial charge >= 0.3 is 0 Å². The number of hydrogen-bond donors (Lipinski definition) is 0. The van der Waals surface area contributed by atoms with Crippen molar-refractivity contribution in [3.05, 3.63) is 29.6 Å². The van der Waals surface area contributed by atoms with Crippen molar-refractivity contribution in [2.75, 3.05) is 6.61 Å². The van der Waals surface area contributed by atoms with Crippen LogP contribution in [0.3, 0.4) is 0 Å². The van der Waals surface area contributed by atoms with Crippen molar-refractivity contribution in [3.8, 4) is 5.75 Å². The van der Waals surface area contributed by atoms with Crippen molar-refractivity contribution in [2.45, 2.75) is 51.3 Å². The van der Waals surface area contributed by atoms with Crippen LogP contribution in [0, 0.1) is 5.82 Å². The SMILES string of the molecule is CCCCCCCCOc1c(F)cccc1CCl. The molecule has 0 unspecified atom stereocenters. The minimum absolute atomic E-state index is 0.281. The van der Waals surface area contributed by atoms with Crippen LogP contribution in [0.4, 0.5) is 4.39 Å². The first-order valence-corrected chi connectivity index (χ1v) is 7.29. The van der Waals surface area contributed by atoms with Crippen molar-refractivity contribution in [1.29, 1.82) is 0 Å². The molecule has 0 amide bonds. The number of benzene rings is 1. The highest BCUT2D eigenvalue weighted by molar-refractivity contribution is 6.17. The fraction of sp³-hybridized carbons (Fsp3) is 0.600. The number of hydrogen-bond acceptors (Lipinski definition) is 1. The molecule has 0 heterocycles. The maximum atomic E-state index is 13.5. The fourth-order valence-corrected chi connectivity index (χ4v) is 2.09. The molecular formula is C15H22ClFO. The van der Waals surface area contributed by atoms with Gasteiger partial charge in [-0.3, -0.25) is 0 Å². The Morgan fingerprint density at radius 1 is 1.11 bits per heavy atom. The Bertz CT molecular complexity index is 341. The van der Waals surface area contributed by atoms with Gasteiger partial charge in [-0.05, 0) is 12.5 Å². The first kappa shape index (κ1) is 15.3. The van der Waals surface area contributed by atoms with E-state index < -0.39 is 0 Å². The zero-order valence-corrected chi connectivity index (χ0v) is 11.8. The van der Waals surface area contributed by atoms with E-state index in [-0.39, 0.29) is 11.7 Å². The smallest absolute Gasteiger partial charge is 0.165 e. The van der Waals surface area contributed by atoms with Crippen molar-refractivity contribution >= 4 is 11.6 Å². The quantitative estimate of drug-likeness (QED) is 0.438. The largest absolute Gasteiger partial charge is 0.490 e. The predicted molar refractivity (Wildman–Crippen MR) is 74.8 cm³/mol. The highest BCUT2D eigenvalue weighted by atomic mass is 35.5. The molecule has 0 radical (unpaired) electrons. The van der Waals surface area contributed by atoms with E-state index >= 15 is 0 Å². The van der Waals surface area contributed by atoms with Crippen LogP contribution < -0.4 is 4.74 Å². The van der Waals surface area contributed by atoms with Gasteiger partial charge in [0.05, 0.1) is 12.5 Å². The van der Waals surface area contributed by atoms with Crippen molar-refractivity contribution in [3.63, 3.8) is 0 Å². The summed E-state index contributed by atoms with van der Waals surface area (Å²) < 4.78 is 19.0. The molecule has 18 heavy (non-hydrogen) atoms. The average molecular weight is 273 g/mol. The Hall–Kier alpha value is -0.760. The Labute approximate surface area is 114 Å². The van der Waals surface area contributed by atoms with Gasteiger partial charge in [-0.2, -0.15) is 0 Å². The molecule has 0 bridgehead atoms. The molecule has 1 nitrogen and oxygen atoms in total. The Balaban J connectivity index is 2.26. The molecule has 3 heteroatoms. The van der Waals surface area contributed by atoms with E-state index in [2.05, 4.69) is 6.92 Å². The summed E-state index contributed by atoms with van der Waals surface area (Å²) in [6.07, 6.45) is 7.18. The molecule has 1 aromatic rings. The monoisotopic (exact) mass is 272 g/mol. The van der Waals surface area contributed by atoms with Gasteiger partial charge in [-0.1, -0.05) is 51.2 Å². The standard InChI is InChI=1S/C15H22ClFO/c1-2-3-4-5-6-7-11-18-15-13(12-16)9-8-10-14(15)17/h8-10H,2-7,11-12H2,1H3. The summed E-state index contributed by atoms with van der Waals surface area (Å²) in [6.45, 7) is 2.77. The van der Waals surface area contributed by atoms with Gasteiger partial charge < -0.3 is 4.74 Å². The van der Waals surface area contributed by atoms with Crippen LogP contribution in [0.1, 0.15) is 51.0 Å². The summed E-state index contributed by atoms with van der Waals surface area (Å²) in [6, 6.07) is 4.87. The number of alkyl halides is 1. The molecule has 0 saturated carbocycles. The fourth-order valence-electron chi connectivity index (χ4n) is 1.88. The van der Waals surface area contributed by atoms with Gasteiger partial charge in [-0.25, -0.2) is 4.39 Å². The van der Waals surface area contributed by atoms with Gasteiger partial charge in [0.25, 0.3) is 0 Å². The van der Waals surface area contributed by atoms with Gasteiger partial charge in [0.1, 0.15) is 0 Å². The lowest BCUT2D eigenvalue weighted by atomic mass is 10.1. The van der Waals surface area contributed by atoms with Gasteiger partial charge in [-0.15, -0.1) is 11.6 Å². The summed E-state index contributed by atoms with van der Waals surface area (Å²) >= 11 is 5.75. The lowest BCUT2D eigenvalue weighted by molar-refractivity contribution is 0.287. The van der Waals surface area contributed by atoms with Crippen LogP contribution >= 0.6 is 11.6 Å². The molecule has 0 spiro atoms. The van der Waals surface area contributed by atoms with Crippen molar-refractivity contribution < 1.29 is 9.13 Å². The lowest BCUT2D eigenvalue weighted by Crippen LogP contribution is -2.01. The van der Waals surface area contributed by atoms with Crippen molar-refractivity contribution in [2.24, 2.45) is 0 Å². The van der Waals surface area contributed by atoms with E-state index in [1.54, 1.807) is 12.1 Å². The summed E-state index contributed by atoms with van der Waals surface area (Å²) in [5.41, 5.74) is 0.725. The number of rotatable bonds is 9. The van der Waals surface area contributed by atoms with Crippen LogP contribution in [0.2, 0.25) is 0 Å². The summed E-state index contributed by atoms with van der Waals surface area (Å²) in [5.74, 6) is 0.282. The topological polar surface area (TPSA) is 9.23 Å². The molecule has 1 rings (SSSR count). The molecule has 0 saturated heterocycles. The molecule has 1 aromatic carbocycles. The second-order valence-corrected chi connectivity index (χ2v) is 4.75. The first-order chi connectivity index (χ1) is 8.79. The van der Waals surface area contributed by atoms with E-state index in [1.165, 1.54) is 31.7 Å². The van der Waals surface area contributed by atoms with E-state index in [1.807, 2.05) is 0 Å². The van der Waals surface area contributed by atoms with E-state index in [0.29, 0.717) is 12.4 Å². The Morgan fingerprint density at radius 3 is 2.56 bits per heavy atom. The minimum Gasteiger partial charge on any atom is -0.490 e. The molecule has 102 valence electrons. The third-order valence-corrected chi connectivity index (χ3v) is 3.22. The van der Waals surface area contributed by atoms with Crippen LogP contribution in [-0.2, 0) is 5.88 Å². The molecular weight excluding hydrogens is 251 g/mol. The molecule has 0 N–H and O–H groups in total. The number of ether oxygens (including phenoxy) is 1. The normalized spacial score (nSPS) is 10.6. The molecule has 0 aliphatic heterocycles. The third-order valence-electron chi connectivity index (χ3n) is 2.94. The van der Waals surface area contributed by atoms with Crippen LogP contribution in [0.25, 0.3) is 0 Å². The zero-order valence-electron chi connectivity index (χ0n) is 11.1. The van der Waals surface area contributed by atoms with Gasteiger partial charge in [0.15, 0.2) is 11.6 Å². The Kier molecular flexibility index (Phi) is 7.83. The van der Waals surface area contributed by atoms with Crippen LogP contribution in [-0.4, -0.2) is 6.61 Å². The molecule has 0 atom stereocenters. The average Bonchev–Trinajstić information content (AvgIpc) is 2.39. The first-order valence-electron chi connectivity index (χ1n) is 6.75. The highest BCUT2D eigenvalue weighted by Crippen LogP contribution is 2.24. The molecule has 0 aliphatic rings. The predicted octanol–water partition coefficient (Wildman–Crippen LogP) is 5.30. The maximum Gasteiger partial charge on any atom is 0.165 e. The third kappa shape index (κ3) is 5.26. The minimum atomic E-state index is -0.320. The highest BCUT2D eigenvalue weighted by Gasteiger charge is 2.08. The number of para-hydroxylation sites is 1. The van der Waals surface area contributed by atoms with Gasteiger partial charge in [0.2, 0.25) is 0 Å². The number of halogens is 2. The van der Waals surface area contributed by atoms with E-state index in [0.717, 1.165) is 18.4 Å². The van der Waals surface area contributed by atoms with Gasteiger partial charge in [0, 0.05) is 5.56 Å². The maximum absolute atomic E-state index is 13.5. The van der Waals surface area contributed by atoms with Crippen LogP contribution in [0.15, 0.2) is 18.2 Å². The molecule has 0 aromatic heterocycles. The molecule has 0 aliphatic carbocycles. The molecule has 0 fully saturated rings. The Morgan fingerprint density at radius 2 is 1.83 bits per heavy atom. The summed E-state index contributed by atoms with van der Waals surface area (Å²) in [5, 5.41) is 0. The summed E-state index contributed by atoms with van der Waals surface area (Å²) in [4.78, 5) is 0. The van der Waals surface area contributed by atoms with E-state index in [9.17, 15) is 4.39 Å². The zero-order chi connectivity index (χ0) is 13.2. The van der Waals surface area contributed by atoms with E-state index in [4.69, 9.17) is 16.3 Å². The second kappa shape index (κ2) is 9.21. The summed E-state index contributed by atoms with van der Waals surface area (Å²) in [7, 11) is 0. The lowest BCUT2D eigenvalue weighted by Gasteiger charge is -2.10.